The Balaban J connectivity index is 1.05. The van der Waals surface area contributed by atoms with E-state index in [-0.39, 0.29) is 70.5 Å². The molecule has 0 bridgehead atoms. The van der Waals surface area contributed by atoms with E-state index in [9.17, 15) is 39.6 Å². The predicted octanol–water partition coefficient (Wildman–Crippen LogP) is -2.54. The average molecular weight is 1070 g/mol. The van der Waals surface area contributed by atoms with Crippen molar-refractivity contribution in [1.29, 1.82) is 0 Å². The highest BCUT2D eigenvalue weighted by molar-refractivity contribution is 5.93. The molecular weight excluding hydrogens is 1020 g/mol. The summed E-state index contributed by atoms with van der Waals surface area (Å²) in [5.41, 5.74) is 1.04. The molecule has 0 aliphatic heterocycles. The molecule has 4 aromatic heterocycles. The van der Waals surface area contributed by atoms with Crippen molar-refractivity contribution in [1.82, 2.24) is 80.8 Å². The minimum atomic E-state index is -1.31. The Morgan fingerprint density at radius 3 is 1.00 bits per heavy atom. The predicted molar refractivity (Wildman–Crippen MR) is 252 cm³/mol. The molecule has 4 heterocycles. The number of hydrogen-bond acceptors (Lipinski definition) is 28. The largest absolute Gasteiger partial charge is 0.491 e. The van der Waals surface area contributed by atoms with Crippen LogP contribution in [-0.2, 0) is 70.7 Å². The van der Waals surface area contributed by atoms with Gasteiger partial charge in [0.15, 0.2) is 0 Å². The number of fused-ring (bicyclic) bond motifs is 2. The van der Waals surface area contributed by atoms with Crippen molar-refractivity contribution in [2.75, 3.05) is 52.9 Å². The number of tetrazole rings is 4. The van der Waals surface area contributed by atoms with Crippen LogP contribution in [-0.4, -0.2) is 202 Å². The third kappa shape index (κ3) is 16.3. The molecule has 32 heteroatoms. The zero-order valence-corrected chi connectivity index (χ0v) is 40.4. The number of aliphatic hydroxyl groups excluding tert-OH is 4. The monoisotopic (exact) mass is 1070 g/mol. The van der Waals surface area contributed by atoms with Gasteiger partial charge in [-0.3, -0.25) is 19.2 Å². The van der Waals surface area contributed by atoms with Crippen LogP contribution in [0.2, 0.25) is 0 Å². The van der Waals surface area contributed by atoms with Crippen molar-refractivity contribution in [3.8, 4) is 23.0 Å². The van der Waals surface area contributed by atoms with Gasteiger partial charge in [0.1, 0.15) is 152 Å². The van der Waals surface area contributed by atoms with E-state index < -0.39 is 74.7 Å². The number of rotatable bonds is 30. The van der Waals surface area contributed by atoms with Crippen molar-refractivity contribution in [3.05, 3.63) is 97.1 Å². The van der Waals surface area contributed by atoms with Crippen LogP contribution in [0.25, 0.3) is 21.5 Å². The van der Waals surface area contributed by atoms with Crippen molar-refractivity contribution < 1.29 is 77.5 Å². The number of benzene rings is 4. The highest BCUT2D eigenvalue weighted by atomic mass is 16.6. The SMILES string of the molecule is O=C(Cn1cnnn1)OCC(O)COc1ccc2ccc(OCC(O)COC(=O)Cn3cnnn3)c(Cc3c(OCC(O)COC(=O)Cn4cnnn4)ccc4ccc(OCC(O)COC(=O)Cn5cnnn5)cc34)c2c1. The third-order valence-electron chi connectivity index (χ3n) is 10.7. The Kier molecular flexibility index (Phi) is 18.7. The molecule has 0 saturated carbocycles. The molecule has 0 spiro atoms. The summed E-state index contributed by atoms with van der Waals surface area (Å²) in [6, 6.07) is 17.2. The van der Waals surface area contributed by atoms with E-state index in [0.717, 1.165) is 18.7 Å². The smallest absolute Gasteiger partial charge is 0.327 e. The summed E-state index contributed by atoms with van der Waals surface area (Å²) < 4.78 is 50.0. The molecule has 77 heavy (non-hydrogen) atoms. The minimum Gasteiger partial charge on any atom is -0.491 e. The maximum atomic E-state index is 12.5. The minimum absolute atomic E-state index is 0.0139. The van der Waals surface area contributed by atoms with Gasteiger partial charge in [-0.05, 0) is 99.7 Å². The van der Waals surface area contributed by atoms with Crippen LogP contribution >= 0.6 is 0 Å². The normalized spacial score (nSPS) is 12.8. The van der Waals surface area contributed by atoms with Crippen LogP contribution in [0.1, 0.15) is 11.1 Å². The zero-order valence-electron chi connectivity index (χ0n) is 40.4. The Morgan fingerprint density at radius 1 is 0.403 bits per heavy atom. The lowest BCUT2D eigenvalue weighted by molar-refractivity contribution is -0.148. The van der Waals surface area contributed by atoms with E-state index in [0.29, 0.717) is 44.2 Å². The fourth-order valence-electron chi connectivity index (χ4n) is 7.10. The number of nitrogens with zero attached hydrogens (tertiary/aromatic N) is 16. The number of aromatic nitrogens is 16. The van der Waals surface area contributed by atoms with Gasteiger partial charge in [0.25, 0.3) is 0 Å². The van der Waals surface area contributed by atoms with Gasteiger partial charge in [-0.1, -0.05) is 24.3 Å². The van der Waals surface area contributed by atoms with Crippen LogP contribution in [0.4, 0.5) is 0 Å². The van der Waals surface area contributed by atoms with Gasteiger partial charge in [0, 0.05) is 17.5 Å². The van der Waals surface area contributed by atoms with Crippen LogP contribution < -0.4 is 18.9 Å². The summed E-state index contributed by atoms with van der Waals surface area (Å²) >= 11 is 0. The van der Waals surface area contributed by atoms with Crippen LogP contribution in [0, 0.1) is 0 Å². The summed E-state index contributed by atoms with van der Waals surface area (Å²) in [5.74, 6) is -1.66. The first-order chi connectivity index (χ1) is 37.4. The number of carbonyl (C=O) groups is 4. The standard InChI is InChI=1S/C45H48N16O16/c62-30(20-74-42(66)12-58-24-46-50-54-58)16-70-34-5-1-28-3-7-40(72-18-32(64)22-76-44(68)14-60-26-48-52-56-60)38(36(28)9-34)11-39-37-10-35(71-17-31(63)21-75-43(67)13-59-25-47-51-55-59)6-2-29(37)4-8-41(39)73-19-33(65)23-77-45(69)15-61-27-49-53-57-61/h1-10,24-27,30-33,62-65H,11-23H2. The zero-order chi connectivity index (χ0) is 53.9. The molecule has 0 aliphatic carbocycles. The van der Waals surface area contributed by atoms with E-state index in [1.165, 1.54) is 25.3 Å². The van der Waals surface area contributed by atoms with Crippen molar-refractivity contribution in [2.24, 2.45) is 0 Å². The lowest BCUT2D eigenvalue weighted by Gasteiger charge is -2.21. The Morgan fingerprint density at radius 2 is 0.701 bits per heavy atom. The molecule has 0 saturated heterocycles. The quantitative estimate of drug-likeness (QED) is 0.0266. The molecule has 8 aromatic rings. The van der Waals surface area contributed by atoms with Gasteiger partial charge < -0.3 is 58.3 Å². The Bertz CT molecular complexity index is 2950. The second kappa shape index (κ2) is 26.7. The fourth-order valence-corrected chi connectivity index (χ4v) is 7.10. The topological polar surface area (TPSA) is 397 Å². The van der Waals surface area contributed by atoms with Gasteiger partial charge >= 0.3 is 23.9 Å². The number of hydrogen-bond donors (Lipinski definition) is 4. The molecular formula is C45H48N16O16. The lowest BCUT2D eigenvalue weighted by Crippen LogP contribution is -2.27. The second-order valence-corrected chi connectivity index (χ2v) is 16.6. The van der Waals surface area contributed by atoms with Crippen molar-refractivity contribution in [3.63, 3.8) is 0 Å². The summed E-state index contributed by atoms with van der Waals surface area (Å²) in [6.45, 7) is -4.07. The summed E-state index contributed by atoms with van der Waals surface area (Å²) in [7, 11) is 0. The second-order valence-electron chi connectivity index (χ2n) is 16.6. The molecule has 4 N–H and O–H groups in total. The highest BCUT2D eigenvalue weighted by Gasteiger charge is 2.22. The van der Waals surface area contributed by atoms with E-state index in [1.54, 1.807) is 60.7 Å². The fraction of sp³-hybridized carbons (Fsp3) is 0.378. The van der Waals surface area contributed by atoms with Gasteiger partial charge in [-0.2, -0.15) is 0 Å². The van der Waals surface area contributed by atoms with Gasteiger partial charge in [-0.15, -0.1) is 20.4 Å². The van der Waals surface area contributed by atoms with Gasteiger partial charge in [0.2, 0.25) is 0 Å². The summed E-state index contributed by atoms with van der Waals surface area (Å²) in [5, 5.41) is 88.3. The van der Waals surface area contributed by atoms with E-state index in [4.69, 9.17) is 37.9 Å². The molecule has 0 radical (unpaired) electrons. The third-order valence-corrected chi connectivity index (χ3v) is 10.7. The Labute approximate surface area is 432 Å². The average Bonchev–Trinajstić information content (AvgIpc) is 4.33. The first-order valence-electron chi connectivity index (χ1n) is 23.2. The van der Waals surface area contributed by atoms with Crippen molar-refractivity contribution in [2.45, 2.75) is 57.0 Å². The van der Waals surface area contributed by atoms with Crippen LogP contribution in [0.3, 0.4) is 0 Å². The highest BCUT2D eigenvalue weighted by Crippen LogP contribution is 2.38. The van der Waals surface area contributed by atoms with Crippen LogP contribution in [0.5, 0.6) is 23.0 Å². The maximum absolute atomic E-state index is 12.5. The molecule has 8 rings (SSSR count). The van der Waals surface area contributed by atoms with Crippen LogP contribution in [0.15, 0.2) is 86.0 Å². The lowest BCUT2D eigenvalue weighted by atomic mass is 9.93. The molecule has 0 fully saturated rings. The van der Waals surface area contributed by atoms with E-state index >= 15 is 0 Å². The molecule has 4 aromatic carbocycles. The number of carbonyl (C=O) groups excluding carboxylic acids is 4. The molecule has 32 nitrogen and oxygen atoms in total. The first-order valence-corrected chi connectivity index (χ1v) is 23.2. The first kappa shape index (κ1) is 53.9. The maximum Gasteiger partial charge on any atom is 0.327 e. The molecule has 4 atom stereocenters. The van der Waals surface area contributed by atoms with E-state index in [2.05, 4.69) is 62.1 Å². The summed E-state index contributed by atoms with van der Waals surface area (Å²) in [4.78, 5) is 49.5. The number of ether oxygens (including phenoxy) is 8. The Hall–Kier alpha value is -9.40. The van der Waals surface area contributed by atoms with Gasteiger partial charge in [0.05, 0.1) is 0 Å². The van der Waals surface area contributed by atoms with Crippen molar-refractivity contribution >= 4 is 45.4 Å². The van der Waals surface area contributed by atoms with E-state index in [1.807, 2.05) is 0 Å². The molecule has 0 aliphatic rings. The molecule has 4 unspecified atom stereocenters. The van der Waals surface area contributed by atoms with Gasteiger partial charge in [-0.25, -0.2) is 18.7 Å². The number of aliphatic hydroxyl groups is 4. The molecule has 0 amide bonds. The summed E-state index contributed by atoms with van der Waals surface area (Å²) in [6.07, 6.45) is -0.137. The number of esters is 4. The molecule has 404 valence electrons.